The molecular formula is C13H13ClN2O3S. The van der Waals surface area contributed by atoms with Crippen LogP contribution in [0, 0.1) is 0 Å². The number of anilines is 1. The zero-order chi connectivity index (χ0) is 14.8. The fourth-order valence-corrected chi connectivity index (χ4v) is 3.53. The van der Waals surface area contributed by atoms with Crippen molar-refractivity contribution < 1.29 is 13.2 Å². The van der Waals surface area contributed by atoms with Crippen LogP contribution < -0.4 is 10.5 Å². The number of pyridine rings is 1. The van der Waals surface area contributed by atoms with E-state index in [1.54, 1.807) is 18.2 Å². The van der Waals surface area contributed by atoms with E-state index in [-0.39, 0.29) is 22.2 Å². The van der Waals surface area contributed by atoms with Gasteiger partial charge in [0.25, 0.3) is 0 Å². The van der Waals surface area contributed by atoms with Crippen LogP contribution in [-0.2, 0) is 15.6 Å². The topological polar surface area (TPSA) is 82.3 Å². The zero-order valence-corrected chi connectivity index (χ0v) is 12.3. The number of halogens is 1. The van der Waals surface area contributed by atoms with Crippen LogP contribution in [0.3, 0.4) is 0 Å². The van der Waals surface area contributed by atoms with Gasteiger partial charge >= 0.3 is 0 Å². The molecule has 2 aromatic rings. The van der Waals surface area contributed by atoms with Crippen molar-refractivity contribution in [2.24, 2.45) is 0 Å². The molecule has 0 bridgehead atoms. The van der Waals surface area contributed by atoms with E-state index in [9.17, 15) is 8.42 Å². The number of nitrogen functional groups attached to an aromatic ring is 1. The first-order valence-electron chi connectivity index (χ1n) is 5.69. The van der Waals surface area contributed by atoms with Crippen molar-refractivity contribution >= 4 is 27.1 Å². The smallest absolute Gasteiger partial charge is 0.217 e. The number of sulfone groups is 1. The molecule has 0 amide bonds. The Balaban J connectivity index is 2.43. The maximum absolute atomic E-state index is 12.4. The molecule has 0 spiro atoms. The molecule has 0 saturated heterocycles. The summed E-state index contributed by atoms with van der Waals surface area (Å²) in [7, 11) is -2.19. The Morgan fingerprint density at radius 1 is 1.35 bits per heavy atom. The van der Waals surface area contributed by atoms with Gasteiger partial charge in [0.1, 0.15) is 0 Å². The van der Waals surface area contributed by atoms with Crippen molar-refractivity contribution in [3.63, 3.8) is 0 Å². The number of benzene rings is 1. The van der Waals surface area contributed by atoms with Gasteiger partial charge < -0.3 is 10.5 Å². The second-order valence-electron chi connectivity index (χ2n) is 4.11. The molecule has 0 fully saturated rings. The molecule has 106 valence electrons. The molecule has 1 heterocycles. The van der Waals surface area contributed by atoms with Gasteiger partial charge in [0.2, 0.25) is 5.88 Å². The van der Waals surface area contributed by atoms with Crippen molar-refractivity contribution in [3.8, 4) is 5.88 Å². The minimum absolute atomic E-state index is 0.0101. The Kier molecular flexibility index (Phi) is 4.15. The van der Waals surface area contributed by atoms with Crippen molar-refractivity contribution in [1.82, 2.24) is 4.98 Å². The predicted octanol–water partition coefficient (Wildman–Crippen LogP) is 2.30. The van der Waals surface area contributed by atoms with Crippen molar-refractivity contribution in [2.45, 2.75) is 10.6 Å². The number of hydrogen-bond acceptors (Lipinski definition) is 5. The molecule has 0 radical (unpaired) electrons. The first-order chi connectivity index (χ1) is 9.44. The van der Waals surface area contributed by atoms with Gasteiger partial charge in [-0.15, -0.1) is 0 Å². The molecule has 0 unspecified atom stereocenters. The number of ether oxygens (including phenoxy) is 1. The number of methoxy groups -OCH3 is 1. The SMILES string of the molecule is COc1ncccc1CS(=O)(=O)c1cc(Cl)ccc1N. The molecule has 0 aliphatic heterocycles. The van der Waals surface area contributed by atoms with Crippen LogP contribution in [0.4, 0.5) is 5.69 Å². The van der Waals surface area contributed by atoms with E-state index in [0.29, 0.717) is 10.6 Å². The number of hydrogen-bond donors (Lipinski definition) is 1. The summed E-state index contributed by atoms with van der Waals surface area (Å²) in [6.45, 7) is 0. The molecular weight excluding hydrogens is 300 g/mol. The number of aromatic nitrogens is 1. The molecule has 5 nitrogen and oxygen atoms in total. The van der Waals surface area contributed by atoms with Gasteiger partial charge in [0.15, 0.2) is 9.84 Å². The lowest BCUT2D eigenvalue weighted by Crippen LogP contribution is -2.09. The average Bonchev–Trinajstić information content (AvgIpc) is 2.41. The molecule has 0 atom stereocenters. The third-order valence-electron chi connectivity index (χ3n) is 2.70. The van der Waals surface area contributed by atoms with E-state index in [0.717, 1.165) is 0 Å². The normalized spacial score (nSPS) is 11.3. The lowest BCUT2D eigenvalue weighted by atomic mass is 10.3. The third-order valence-corrected chi connectivity index (χ3v) is 4.65. The Labute approximate surface area is 122 Å². The lowest BCUT2D eigenvalue weighted by Gasteiger charge is -2.10. The highest BCUT2D eigenvalue weighted by atomic mass is 35.5. The standard InChI is InChI=1S/C13H13ClN2O3S/c1-19-13-9(3-2-6-16-13)8-20(17,18)12-7-10(14)4-5-11(12)15/h2-7H,8,15H2,1H3. The summed E-state index contributed by atoms with van der Waals surface area (Å²) in [6.07, 6.45) is 1.53. The second-order valence-corrected chi connectivity index (χ2v) is 6.51. The molecule has 2 rings (SSSR count). The fraction of sp³-hybridized carbons (Fsp3) is 0.154. The van der Waals surface area contributed by atoms with Crippen LogP contribution >= 0.6 is 11.6 Å². The first-order valence-corrected chi connectivity index (χ1v) is 7.73. The van der Waals surface area contributed by atoms with Gasteiger partial charge in [-0.05, 0) is 24.3 Å². The van der Waals surface area contributed by atoms with Gasteiger partial charge in [-0.25, -0.2) is 13.4 Å². The Hall–Kier alpha value is -1.79. The molecule has 1 aromatic heterocycles. The zero-order valence-electron chi connectivity index (χ0n) is 10.7. The minimum Gasteiger partial charge on any atom is -0.481 e. The Morgan fingerprint density at radius 3 is 2.80 bits per heavy atom. The predicted molar refractivity (Wildman–Crippen MR) is 77.5 cm³/mol. The van der Waals surface area contributed by atoms with E-state index in [1.165, 1.54) is 25.4 Å². The first kappa shape index (κ1) is 14.6. The molecule has 0 aliphatic carbocycles. The summed E-state index contributed by atoms with van der Waals surface area (Å²) in [6, 6.07) is 7.64. The maximum Gasteiger partial charge on any atom is 0.217 e. The van der Waals surface area contributed by atoms with E-state index in [4.69, 9.17) is 22.1 Å². The molecule has 0 saturated carbocycles. The van der Waals surface area contributed by atoms with Gasteiger partial charge in [-0.3, -0.25) is 0 Å². The van der Waals surface area contributed by atoms with E-state index < -0.39 is 9.84 Å². The number of rotatable bonds is 4. The molecule has 2 N–H and O–H groups in total. The van der Waals surface area contributed by atoms with Crippen molar-refractivity contribution in [3.05, 3.63) is 47.1 Å². The Bertz CT molecular complexity index is 732. The van der Waals surface area contributed by atoms with E-state index in [2.05, 4.69) is 4.98 Å². The highest BCUT2D eigenvalue weighted by molar-refractivity contribution is 7.90. The summed E-state index contributed by atoms with van der Waals surface area (Å²) in [4.78, 5) is 3.98. The summed E-state index contributed by atoms with van der Waals surface area (Å²) in [5.41, 5.74) is 6.35. The van der Waals surface area contributed by atoms with Crippen LogP contribution in [0.1, 0.15) is 5.56 Å². The lowest BCUT2D eigenvalue weighted by molar-refractivity contribution is 0.394. The highest BCUT2D eigenvalue weighted by Gasteiger charge is 2.21. The van der Waals surface area contributed by atoms with Crippen LogP contribution in [0.2, 0.25) is 5.02 Å². The van der Waals surface area contributed by atoms with Crippen LogP contribution in [0.25, 0.3) is 0 Å². The number of nitrogens with two attached hydrogens (primary N) is 1. The monoisotopic (exact) mass is 312 g/mol. The van der Waals surface area contributed by atoms with Gasteiger partial charge in [-0.1, -0.05) is 17.7 Å². The summed E-state index contributed by atoms with van der Waals surface area (Å²) in [5, 5.41) is 0.316. The van der Waals surface area contributed by atoms with Gasteiger partial charge in [0, 0.05) is 16.8 Å². The molecule has 0 aliphatic rings. The summed E-state index contributed by atoms with van der Waals surface area (Å²) >= 11 is 5.83. The van der Waals surface area contributed by atoms with Crippen molar-refractivity contribution in [1.29, 1.82) is 0 Å². The van der Waals surface area contributed by atoms with Gasteiger partial charge in [0.05, 0.1) is 23.4 Å². The van der Waals surface area contributed by atoms with Gasteiger partial charge in [-0.2, -0.15) is 0 Å². The van der Waals surface area contributed by atoms with Crippen LogP contribution in [0.5, 0.6) is 5.88 Å². The summed E-state index contributed by atoms with van der Waals surface area (Å²) in [5.74, 6) is 0.0193. The molecule has 7 heteroatoms. The van der Waals surface area contributed by atoms with Crippen LogP contribution in [-0.4, -0.2) is 20.5 Å². The third kappa shape index (κ3) is 3.02. The summed E-state index contributed by atoms with van der Waals surface area (Å²) < 4.78 is 29.9. The largest absolute Gasteiger partial charge is 0.481 e. The fourth-order valence-electron chi connectivity index (χ4n) is 1.78. The molecule has 20 heavy (non-hydrogen) atoms. The molecule has 1 aromatic carbocycles. The van der Waals surface area contributed by atoms with E-state index >= 15 is 0 Å². The average molecular weight is 313 g/mol. The van der Waals surface area contributed by atoms with Crippen molar-refractivity contribution in [2.75, 3.05) is 12.8 Å². The quantitative estimate of drug-likeness (QED) is 0.876. The minimum atomic E-state index is -3.63. The number of nitrogens with zero attached hydrogens (tertiary/aromatic N) is 1. The second kappa shape index (κ2) is 5.68. The van der Waals surface area contributed by atoms with E-state index in [1.807, 2.05) is 0 Å². The maximum atomic E-state index is 12.4. The Morgan fingerprint density at radius 2 is 2.10 bits per heavy atom. The highest BCUT2D eigenvalue weighted by Crippen LogP contribution is 2.27. The van der Waals surface area contributed by atoms with Crippen LogP contribution in [0.15, 0.2) is 41.4 Å².